The zero-order chi connectivity index (χ0) is 16.5. The third kappa shape index (κ3) is 2.58. The van der Waals surface area contributed by atoms with Gasteiger partial charge in [-0.1, -0.05) is 5.16 Å². The number of aromatic nitrogens is 4. The second-order valence-electron chi connectivity index (χ2n) is 5.91. The van der Waals surface area contributed by atoms with Crippen molar-refractivity contribution in [3.8, 4) is 5.69 Å². The number of pyridine rings is 1. The molecule has 7 nitrogen and oxygen atoms in total. The average molecular weight is 323 g/mol. The first-order valence-electron chi connectivity index (χ1n) is 7.94. The summed E-state index contributed by atoms with van der Waals surface area (Å²) < 4.78 is 6.96. The fraction of sp³-hybridized carbons (Fsp3) is 0.294. The highest BCUT2D eigenvalue weighted by atomic mass is 16.5. The largest absolute Gasteiger partial charge is 0.351 e. The third-order valence-electron chi connectivity index (χ3n) is 4.25. The summed E-state index contributed by atoms with van der Waals surface area (Å²) in [6, 6.07) is 5.42. The van der Waals surface area contributed by atoms with Crippen molar-refractivity contribution in [2.75, 3.05) is 0 Å². The van der Waals surface area contributed by atoms with E-state index in [9.17, 15) is 4.79 Å². The molecule has 0 spiro atoms. The van der Waals surface area contributed by atoms with Gasteiger partial charge in [0, 0.05) is 29.7 Å². The highest BCUT2D eigenvalue weighted by molar-refractivity contribution is 5.91. The van der Waals surface area contributed by atoms with Crippen molar-refractivity contribution in [3.63, 3.8) is 0 Å². The molecule has 0 fully saturated rings. The second kappa shape index (κ2) is 5.92. The highest BCUT2D eigenvalue weighted by Gasteiger charge is 2.27. The Kier molecular flexibility index (Phi) is 3.60. The molecule has 7 heteroatoms. The Hall–Kier alpha value is -2.96. The number of aryl methyl sites for hydroxylation is 1. The van der Waals surface area contributed by atoms with E-state index in [0.29, 0.717) is 5.69 Å². The number of amides is 1. The first-order valence-corrected chi connectivity index (χ1v) is 7.94. The second-order valence-corrected chi connectivity index (χ2v) is 5.91. The predicted molar refractivity (Wildman–Crippen MR) is 85.7 cm³/mol. The van der Waals surface area contributed by atoms with Crippen LogP contribution in [0, 0.1) is 6.92 Å². The summed E-state index contributed by atoms with van der Waals surface area (Å²) in [6.07, 6.45) is 8.14. The lowest BCUT2D eigenvalue weighted by Crippen LogP contribution is -2.30. The Morgan fingerprint density at radius 1 is 1.38 bits per heavy atom. The molecule has 3 aromatic rings. The minimum atomic E-state index is -0.245. The maximum Gasteiger partial charge on any atom is 0.290 e. The van der Waals surface area contributed by atoms with Crippen molar-refractivity contribution in [1.29, 1.82) is 0 Å². The van der Waals surface area contributed by atoms with Gasteiger partial charge in [0.25, 0.3) is 5.91 Å². The lowest BCUT2D eigenvalue weighted by molar-refractivity contribution is 0.0895. The van der Waals surface area contributed by atoms with E-state index in [1.54, 1.807) is 25.4 Å². The van der Waals surface area contributed by atoms with E-state index in [0.717, 1.165) is 36.2 Å². The van der Waals surface area contributed by atoms with Gasteiger partial charge in [-0.2, -0.15) is 5.10 Å². The van der Waals surface area contributed by atoms with Gasteiger partial charge < -0.3 is 9.84 Å². The number of fused-ring (bicyclic) bond motifs is 1. The van der Waals surface area contributed by atoms with Gasteiger partial charge in [0.15, 0.2) is 0 Å². The Morgan fingerprint density at radius 3 is 2.96 bits per heavy atom. The molecule has 1 N–H and O–H groups in total. The number of nitrogens with zero attached hydrogens (tertiary/aromatic N) is 4. The molecule has 1 atom stereocenters. The number of hydrogen-bond donors (Lipinski definition) is 1. The number of carbonyl (C=O) groups is 1. The van der Waals surface area contributed by atoms with Crippen LogP contribution in [0.5, 0.6) is 0 Å². The molecular weight excluding hydrogens is 306 g/mol. The van der Waals surface area contributed by atoms with E-state index in [1.165, 1.54) is 0 Å². The van der Waals surface area contributed by atoms with Gasteiger partial charge >= 0.3 is 0 Å². The van der Waals surface area contributed by atoms with E-state index in [4.69, 9.17) is 4.52 Å². The average Bonchev–Trinajstić information content (AvgIpc) is 3.22. The van der Waals surface area contributed by atoms with E-state index in [2.05, 4.69) is 20.6 Å². The topological polar surface area (TPSA) is 85.8 Å². The smallest absolute Gasteiger partial charge is 0.290 e. The lowest BCUT2D eigenvalue weighted by atomic mass is 9.93. The van der Waals surface area contributed by atoms with E-state index < -0.39 is 0 Å². The Morgan fingerprint density at radius 2 is 2.21 bits per heavy atom. The first-order chi connectivity index (χ1) is 11.7. The minimum absolute atomic E-state index is 0.0674. The summed E-state index contributed by atoms with van der Waals surface area (Å²) in [5.74, 6) is -0.00809. The van der Waals surface area contributed by atoms with Crippen molar-refractivity contribution in [2.45, 2.75) is 32.2 Å². The van der Waals surface area contributed by atoms with E-state index >= 15 is 0 Å². The monoisotopic (exact) mass is 323 g/mol. The number of rotatable bonds is 3. The molecule has 4 rings (SSSR count). The minimum Gasteiger partial charge on any atom is -0.351 e. The Balaban J connectivity index is 1.61. The summed E-state index contributed by atoms with van der Waals surface area (Å²) >= 11 is 0. The summed E-state index contributed by atoms with van der Waals surface area (Å²) in [7, 11) is 0. The zero-order valence-electron chi connectivity index (χ0n) is 13.3. The van der Waals surface area contributed by atoms with Gasteiger partial charge in [-0.3, -0.25) is 9.78 Å². The molecule has 1 aliphatic rings. The number of carbonyl (C=O) groups excluding carboxylic acids is 1. The maximum atomic E-state index is 12.3. The molecule has 1 aliphatic carbocycles. The van der Waals surface area contributed by atoms with Gasteiger partial charge in [0.1, 0.15) is 0 Å². The molecular formula is C17H17N5O2. The number of nitrogens with one attached hydrogen (secondary N) is 1. The molecule has 24 heavy (non-hydrogen) atoms. The SMILES string of the molecule is Cc1cc(C(=O)NC2CCCc3c2cnn3-c2ccncc2)on1. The molecule has 0 saturated carbocycles. The Bertz CT molecular complexity index is 868. The highest BCUT2D eigenvalue weighted by Crippen LogP contribution is 2.31. The molecule has 0 saturated heterocycles. The third-order valence-corrected chi connectivity index (χ3v) is 4.25. The molecule has 0 radical (unpaired) electrons. The lowest BCUT2D eigenvalue weighted by Gasteiger charge is -2.23. The first kappa shape index (κ1) is 14.6. The Labute approximate surface area is 138 Å². The van der Waals surface area contributed by atoms with Crippen molar-refractivity contribution < 1.29 is 9.32 Å². The van der Waals surface area contributed by atoms with Gasteiger partial charge in [-0.25, -0.2) is 4.68 Å². The van der Waals surface area contributed by atoms with E-state index in [1.807, 2.05) is 23.0 Å². The molecule has 0 bridgehead atoms. The van der Waals surface area contributed by atoms with Crippen LogP contribution < -0.4 is 5.32 Å². The fourth-order valence-corrected chi connectivity index (χ4v) is 3.11. The van der Waals surface area contributed by atoms with Crippen LogP contribution in [0.1, 0.15) is 46.4 Å². The number of hydrogen-bond acceptors (Lipinski definition) is 5. The molecule has 122 valence electrons. The normalized spacial score (nSPS) is 16.6. The summed E-state index contributed by atoms with van der Waals surface area (Å²) in [4.78, 5) is 16.4. The predicted octanol–water partition coefficient (Wildman–Crippen LogP) is 2.37. The molecule has 3 heterocycles. The van der Waals surface area contributed by atoms with Gasteiger partial charge in [0.05, 0.1) is 23.6 Å². The van der Waals surface area contributed by atoms with Gasteiger partial charge in [0.2, 0.25) is 5.76 Å². The van der Waals surface area contributed by atoms with Crippen LogP contribution in [0.25, 0.3) is 5.69 Å². The molecule has 0 aromatic carbocycles. The fourth-order valence-electron chi connectivity index (χ4n) is 3.11. The summed E-state index contributed by atoms with van der Waals surface area (Å²) in [5, 5.41) is 11.3. The molecule has 1 unspecified atom stereocenters. The van der Waals surface area contributed by atoms with Crippen LogP contribution in [-0.2, 0) is 6.42 Å². The molecule has 3 aromatic heterocycles. The summed E-state index contributed by atoms with van der Waals surface area (Å²) in [6.45, 7) is 1.79. The van der Waals surface area contributed by atoms with Crippen LogP contribution in [0.4, 0.5) is 0 Å². The summed E-state index contributed by atoms with van der Waals surface area (Å²) in [5.41, 5.74) is 3.85. The van der Waals surface area contributed by atoms with Crippen LogP contribution in [0.15, 0.2) is 41.3 Å². The van der Waals surface area contributed by atoms with Crippen LogP contribution in [0.3, 0.4) is 0 Å². The van der Waals surface area contributed by atoms with Gasteiger partial charge in [-0.15, -0.1) is 0 Å². The van der Waals surface area contributed by atoms with Crippen molar-refractivity contribution in [3.05, 3.63) is 59.5 Å². The zero-order valence-corrected chi connectivity index (χ0v) is 13.3. The van der Waals surface area contributed by atoms with Crippen LogP contribution in [0.2, 0.25) is 0 Å². The quantitative estimate of drug-likeness (QED) is 0.800. The van der Waals surface area contributed by atoms with Crippen molar-refractivity contribution >= 4 is 5.91 Å². The van der Waals surface area contributed by atoms with Gasteiger partial charge in [-0.05, 0) is 38.3 Å². The van der Waals surface area contributed by atoms with Crippen molar-refractivity contribution in [2.24, 2.45) is 0 Å². The molecule has 0 aliphatic heterocycles. The maximum absolute atomic E-state index is 12.3. The standard InChI is InChI=1S/C17H17N5O2/c1-11-9-16(24-21-11)17(23)20-14-3-2-4-15-13(14)10-19-22(15)12-5-7-18-8-6-12/h5-10,14H,2-4H2,1H3,(H,20,23). The van der Waals surface area contributed by atoms with Crippen LogP contribution >= 0.6 is 0 Å². The molecule has 1 amide bonds. The van der Waals surface area contributed by atoms with Crippen LogP contribution in [-0.4, -0.2) is 25.8 Å². The van der Waals surface area contributed by atoms with E-state index in [-0.39, 0.29) is 17.7 Å². The van der Waals surface area contributed by atoms with Crippen molar-refractivity contribution in [1.82, 2.24) is 25.2 Å².